The van der Waals surface area contributed by atoms with Crippen molar-refractivity contribution in [2.45, 2.75) is 20.3 Å². The largest absolute Gasteiger partial charge is 0.286 e. The SMILES string of the molecule is C=C(CC)S/C(C)=N\C. The van der Waals surface area contributed by atoms with Crippen LogP contribution in [0.2, 0.25) is 0 Å². The Labute approximate surface area is 61.3 Å². The summed E-state index contributed by atoms with van der Waals surface area (Å²) in [4.78, 5) is 5.17. The molecule has 0 bridgehead atoms. The summed E-state index contributed by atoms with van der Waals surface area (Å²) in [6.07, 6.45) is 1.03. The third-order valence-corrected chi connectivity index (χ3v) is 2.06. The van der Waals surface area contributed by atoms with Gasteiger partial charge in [0.1, 0.15) is 0 Å². The highest BCUT2D eigenvalue weighted by Gasteiger charge is 1.92. The molecule has 1 nitrogen and oxygen atoms in total. The first-order valence-corrected chi connectivity index (χ1v) is 3.81. The molecule has 0 saturated carbocycles. The second-order valence-electron chi connectivity index (χ2n) is 1.74. The summed E-state index contributed by atoms with van der Waals surface area (Å²) < 4.78 is 0. The highest BCUT2D eigenvalue weighted by molar-refractivity contribution is 8.17. The van der Waals surface area contributed by atoms with Crippen LogP contribution in [0.25, 0.3) is 0 Å². The van der Waals surface area contributed by atoms with Gasteiger partial charge in [-0.3, -0.25) is 4.99 Å². The molecule has 0 aromatic carbocycles. The standard InChI is InChI=1S/C7H13NS/c1-5-6(2)9-7(3)8-4/h2,5H2,1,3-4H3/b8-7-. The molecule has 0 aromatic heterocycles. The minimum absolute atomic E-state index is 1.03. The summed E-state index contributed by atoms with van der Waals surface area (Å²) >= 11 is 1.66. The van der Waals surface area contributed by atoms with Crippen molar-refractivity contribution in [3.63, 3.8) is 0 Å². The van der Waals surface area contributed by atoms with Crippen molar-refractivity contribution >= 4 is 16.8 Å². The van der Waals surface area contributed by atoms with Crippen LogP contribution < -0.4 is 0 Å². The first kappa shape index (κ1) is 8.76. The van der Waals surface area contributed by atoms with E-state index in [0.29, 0.717) is 0 Å². The molecule has 0 radical (unpaired) electrons. The van der Waals surface area contributed by atoms with Crippen molar-refractivity contribution in [3.05, 3.63) is 11.5 Å². The molecule has 0 aliphatic carbocycles. The molecule has 0 aliphatic heterocycles. The van der Waals surface area contributed by atoms with Crippen molar-refractivity contribution < 1.29 is 0 Å². The van der Waals surface area contributed by atoms with E-state index in [0.717, 1.165) is 11.5 Å². The van der Waals surface area contributed by atoms with Crippen LogP contribution in [0.15, 0.2) is 16.5 Å². The summed E-state index contributed by atoms with van der Waals surface area (Å²) in [5.41, 5.74) is 0. The van der Waals surface area contributed by atoms with Gasteiger partial charge in [-0.1, -0.05) is 25.3 Å². The monoisotopic (exact) mass is 143 g/mol. The second kappa shape index (κ2) is 4.62. The fourth-order valence-corrected chi connectivity index (χ4v) is 0.980. The molecule has 0 aliphatic rings. The molecule has 0 heterocycles. The van der Waals surface area contributed by atoms with E-state index in [9.17, 15) is 0 Å². The van der Waals surface area contributed by atoms with Gasteiger partial charge in [-0.25, -0.2) is 0 Å². The maximum atomic E-state index is 4.00. The zero-order valence-electron chi connectivity index (χ0n) is 6.27. The van der Waals surface area contributed by atoms with Crippen LogP contribution in [0.3, 0.4) is 0 Å². The molecule has 9 heavy (non-hydrogen) atoms. The van der Waals surface area contributed by atoms with E-state index >= 15 is 0 Å². The highest BCUT2D eigenvalue weighted by atomic mass is 32.2. The quantitative estimate of drug-likeness (QED) is 0.427. The van der Waals surface area contributed by atoms with Crippen LogP contribution in [-0.4, -0.2) is 12.1 Å². The van der Waals surface area contributed by atoms with Gasteiger partial charge in [-0.05, 0) is 18.2 Å². The number of hydrogen-bond donors (Lipinski definition) is 0. The van der Waals surface area contributed by atoms with Gasteiger partial charge in [0, 0.05) is 7.05 Å². The lowest BCUT2D eigenvalue weighted by Gasteiger charge is -1.98. The predicted octanol–water partition coefficient (Wildman–Crippen LogP) is 2.69. The Hall–Kier alpha value is -0.240. The third kappa shape index (κ3) is 4.28. The molecular formula is C7H13NS. The Balaban J connectivity index is 3.60. The van der Waals surface area contributed by atoms with Gasteiger partial charge in [0.2, 0.25) is 0 Å². The van der Waals surface area contributed by atoms with Crippen molar-refractivity contribution in [1.29, 1.82) is 0 Å². The van der Waals surface area contributed by atoms with Crippen molar-refractivity contribution in [2.75, 3.05) is 7.05 Å². The summed E-state index contributed by atoms with van der Waals surface area (Å²) in [5, 5.41) is 1.09. The van der Waals surface area contributed by atoms with Crippen LogP contribution in [0.5, 0.6) is 0 Å². The Morgan fingerprint density at radius 1 is 1.67 bits per heavy atom. The van der Waals surface area contributed by atoms with Gasteiger partial charge in [-0.2, -0.15) is 0 Å². The normalized spacial score (nSPS) is 11.7. The predicted molar refractivity (Wildman–Crippen MR) is 46.1 cm³/mol. The number of hydrogen-bond acceptors (Lipinski definition) is 2. The molecule has 2 heteroatoms. The molecular weight excluding hydrogens is 130 g/mol. The Morgan fingerprint density at radius 3 is 2.56 bits per heavy atom. The molecule has 0 N–H and O–H groups in total. The summed E-state index contributed by atoms with van der Waals surface area (Å²) in [5.74, 6) is 0. The number of allylic oxidation sites excluding steroid dienone is 1. The summed E-state index contributed by atoms with van der Waals surface area (Å²) in [6.45, 7) is 7.93. The van der Waals surface area contributed by atoms with E-state index in [1.165, 1.54) is 4.91 Å². The van der Waals surface area contributed by atoms with E-state index < -0.39 is 0 Å². The average Bonchev–Trinajstić information content (AvgIpc) is 1.87. The zero-order valence-corrected chi connectivity index (χ0v) is 7.09. The van der Waals surface area contributed by atoms with Gasteiger partial charge >= 0.3 is 0 Å². The second-order valence-corrected chi connectivity index (χ2v) is 3.11. The fourth-order valence-electron chi connectivity index (χ4n) is 0.327. The molecule has 0 unspecified atom stereocenters. The number of thioether (sulfide) groups is 1. The van der Waals surface area contributed by atoms with E-state index in [-0.39, 0.29) is 0 Å². The Bertz CT molecular complexity index is 127. The van der Waals surface area contributed by atoms with Crippen LogP contribution in [0.4, 0.5) is 0 Å². The van der Waals surface area contributed by atoms with Gasteiger partial charge in [-0.15, -0.1) is 0 Å². The van der Waals surface area contributed by atoms with Crippen LogP contribution >= 0.6 is 11.8 Å². The maximum Gasteiger partial charge on any atom is 0.0685 e. The van der Waals surface area contributed by atoms with Crippen LogP contribution in [-0.2, 0) is 0 Å². The molecule has 0 spiro atoms. The lowest BCUT2D eigenvalue weighted by Crippen LogP contribution is -1.82. The average molecular weight is 143 g/mol. The lowest BCUT2D eigenvalue weighted by atomic mass is 10.5. The Kier molecular flexibility index (Phi) is 4.50. The third-order valence-electron chi connectivity index (χ3n) is 1.00. The summed E-state index contributed by atoms with van der Waals surface area (Å²) in [7, 11) is 1.80. The van der Waals surface area contributed by atoms with Gasteiger partial charge < -0.3 is 0 Å². The molecule has 0 aromatic rings. The van der Waals surface area contributed by atoms with E-state index in [1.54, 1.807) is 18.8 Å². The fraction of sp³-hybridized carbons (Fsp3) is 0.571. The van der Waals surface area contributed by atoms with Gasteiger partial charge in [0.05, 0.1) is 5.04 Å². The molecule has 52 valence electrons. The Morgan fingerprint density at radius 2 is 2.22 bits per heavy atom. The number of aliphatic imine (C=N–C) groups is 1. The molecule has 0 amide bonds. The minimum Gasteiger partial charge on any atom is -0.286 e. The van der Waals surface area contributed by atoms with E-state index in [2.05, 4.69) is 18.5 Å². The first-order chi connectivity index (χ1) is 4.20. The van der Waals surface area contributed by atoms with Gasteiger partial charge in [0.15, 0.2) is 0 Å². The number of nitrogens with zero attached hydrogens (tertiary/aromatic N) is 1. The minimum atomic E-state index is 1.03. The van der Waals surface area contributed by atoms with E-state index in [4.69, 9.17) is 0 Å². The molecule has 0 atom stereocenters. The molecule has 0 fully saturated rings. The zero-order chi connectivity index (χ0) is 7.28. The molecule has 0 saturated heterocycles. The highest BCUT2D eigenvalue weighted by Crippen LogP contribution is 2.17. The maximum absolute atomic E-state index is 4.00. The topological polar surface area (TPSA) is 12.4 Å². The lowest BCUT2D eigenvalue weighted by molar-refractivity contribution is 1.21. The van der Waals surface area contributed by atoms with Crippen molar-refractivity contribution in [1.82, 2.24) is 0 Å². The molecule has 0 rings (SSSR count). The summed E-state index contributed by atoms with van der Waals surface area (Å²) in [6, 6.07) is 0. The number of rotatable bonds is 2. The van der Waals surface area contributed by atoms with Crippen molar-refractivity contribution in [2.24, 2.45) is 4.99 Å². The van der Waals surface area contributed by atoms with Crippen molar-refractivity contribution in [3.8, 4) is 0 Å². The van der Waals surface area contributed by atoms with Gasteiger partial charge in [0.25, 0.3) is 0 Å². The smallest absolute Gasteiger partial charge is 0.0685 e. The van der Waals surface area contributed by atoms with Crippen LogP contribution in [0.1, 0.15) is 20.3 Å². The van der Waals surface area contributed by atoms with E-state index in [1.807, 2.05) is 6.92 Å². The van der Waals surface area contributed by atoms with Crippen LogP contribution in [0, 0.1) is 0 Å². The first-order valence-electron chi connectivity index (χ1n) is 2.99.